The maximum absolute atomic E-state index is 12.8. The van der Waals surface area contributed by atoms with E-state index in [4.69, 9.17) is 4.74 Å². The second-order valence-electron chi connectivity index (χ2n) is 6.62. The summed E-state index contributed by atoms with van der Waals surface area (Å²) in [6, 6.07) is 20.0. The van der Waals surface area contributed by atoms with E-state index in [0.29, 0.717) is 0 Å². The molecule has 0 bridgehead atoms. The molecule has 0 saturated carbocycles. The topological polar surface area (TPSA) is 50.4 Å². The molecule has 1 amide bonds. The third kappa shape index (κ3) is 4.47. The van der Waals surface area contributed by atoms with Crippen molar-refractivity contribution in [3.05, 3.63) is 71.8 Å². The molecule has 0 saturated heterocycles. The van der Waals surface area contributed by atoms with Crippen LogP contribution in [0, 0.1) is 0 Å². The van der Waals surface area contributed by atoms with Gasteiger partial charge in [-0.05, 0) is 53.6 Å². The highest BCUT2D eigenvalue weighted by Crippen LogP contribution is 2.26. The molecule has 4 nitrogen and oxygen atoms in total. The van der Waals surface area contributed by atoms with Gasteiger partial charge in [0.1, 0.15) is 5.75 Å². The molecular formula is C23H26N2O2. The molecule has 0 aliphatic carbocycles. The summed E-state index contributed by atoms with van der Waals surface area (Å²) in [5, 5.41) is 8.59. The Morgan fingerprint density at radius 1 is 1.04 bits per heavy atom. The number of benzene rings is 3. The molecule has 140 valence electrons. The fraction of sp³-hybridized carbons (Fsp3) is 0.261. The van der Waals surface area contributed by atoms with E-state index in [1.165, 1.54) is 0 Å². The molecule has 1 unspecified atom stereocenters. The lowest BCUT2D eigenvalue weighted by atomic mass is 9.96. The molecule has 0 aliphatic rings. The monoisotopic (exact) mass is 362 g/mol. The number of ether oxygens (including phenoxy) is 1. The number of hydrogen-bond donors (Lipinski definition) is 2. The van der Waals surface area contributed by atoms with Crippen LogP contribution < -0.4 is 15.4 Å². The van der Waals surface area contributed by atoms with Crippen molar-refractivity contribution in [2.75, 3.05) is 19.0 Å². The zero-order valence-electron chi connectivity index (χ0n) is 16.1. The summed E-state index contributed by atoms with van der Waals surface area (Å²) in [5.74, 6) is 0.578. The van der Waals surface area contributed by atoms with Gasteiger partial charge in [0.2, 0.25) is 5.91 Å². The Kier molecular flexibility index (Phi) is 6.09. The van der Waals surface area contributed by atoms with Gasteiger partial charge in [0.05, 0.1) is 13.0 Å². The number of para-hydroxylation sites is 1. The van der Waals surface area contributed by atoms with Crippen molar-refractivity contribution < 1.29 is 9.53 Å². The van der Waals surface area contributed by atoms with E-state index in [1.807, 2.05) is 61.5 Å². The number of anilines is 1. The first-order chi connectivity index (χ1) is 13.1. The number of amides is 1. The molecule has 0 aliphatic heterocycles. The van der Waals surface area contributed by atoms with Crippen LogP contribution in [-0.4, -0.2) is 19.6 Å². The highest BCUT2D eigenvalue weighted by molar-refractivity contribution is 5.97. The van der Waals surface area contributed by atoms with E-state index in [-0.39, 0.29) is 11.8 Å². The standard InChI is InChI=1S/C23H26N2O2/c1-4-24-15-20-7-5-6-8-22(20)25-23(26)16(2)17-9-10-19-14-21(27-3)12-11-18(19)13-17/h5-14,16,24H,4,15H2,1-3H3,(H,25,26). The molecule has 3 aromatic carbocycles. The molecule has 0 fully saturated rings. The van der Waals surface area contributed by atoms with Crippen LogP contribution in [0.5, 0.6) is 5.75 Å². The van der Waals surface area contributed by atoms with Crippen molar-refractivity contribution in [1.82, 2.24) is 5.32 Å². The Balaban J connectivity index is 1.78. The van der Waals surface area contributed by atoms with E-state index in [9.17, 15) is 4.79 Å². The van der Waals surface area contributed by atoms with Crippen molar-refractivity contribution in [2.45, 2.75) is 26.3 Å². The Hall–Kier alpha value is -2.85. The Bertz CT molecular complexity index is 937. The molecule has 0 radical (unpaired) electrons. The van der Waals surface area contributed by atoms with Crippen LogP contribution in [0.15, 0.2) is 60.7 Å². The molecule has 3 aromatic rings. The normalized spacial score (nSPS) is 12.0. The minimum absolute atomic E-state index is 0.00758. The molecule has 27 heavy (non-hydrogen) atoms. The number of methoxy groups -OCH3 is 1. The smallest absolute Gasteiger partial charge is 0.231 e. The van der Waals surface area contributed by atoms with Gasteiger partial charge in [-0.15, -0.1) is 0 Å². The number of hydrogen-bond acceptors (Lipinski definition) is 3. The lowest BCUT2D eigenvalue weighted by Gasteiger charge is -2.16. The molecule has 4 heteroatoms. The average Bonchev–Trinajstić information content (AvgIpc) is 2.71. The van der Waals surface area contributed by atoms with Crippen molar-refractivity contribution >= 4 is 22.4 Å². The summed E-state index contributed by atoms with van der Waals surface area (Å²) in [6.07, 6.45) is 0. The van der Waals surface area contributed by atoms with Crippen LogP contribution >= 0.6 is 0 Å². The molecular weight excluding hydrogens is 336 g/mol. The van der Waals surface area contributed by atoms with Crippen LogP contribution in [0.2, 0.25) is 0 Å². The van der Waals surface area contributed by atoms with Gasteiger partial charge in [-0.3, -0.25) is 4.79 Å². The predicted molar refractivity (Wildman–Crippen MR) is 111 cm³/mol. The lowest BCUT2D eigenvalue weighted by molar-refractivity contribution is -0.117. The molecule has 0 aromatic heterocycles. The van der Waals surface area contributed by atoms with Gasteiger partial charge in [-0.25, -0.2) is 0 Å². The lowest BCUT2D eigenvalue weighted by Crippen LogP contribution is -2.21. The summed E-state index contributed by atoms with van der Waals surface area (Å²) >= 11 is 0. The van der Waals surface area contributed by atoms with Gasteiger partial charge in [0, 0.05) is 12.2 Å². The second-order valence-corrected chi connectivity index (χ2v) is 6.62. The third-order valence-electron chi connectivity index (χ3n) is 4.81. The van der Waals surface area contributed by atoms with E-state index in [2.05, 4.69) is 23.6 Å². The van der Waals surface area contributed by atoms with E-state index < -0.39 is 0 Å². The number of carbonyl (C=O) groups is 1. The predicted octanol–water partition coefficient (Wildman–Crippen LogP) is 4.70. The first kappa shape index (κ1) is 18.9. The third-order valence-corrected chi connectivity index (χ3v) is 4.81. The van der Waals surface area contributed by atoms with Gasteiger partial charge < -0.3 is 15.4 Å². The van der Waals surface area contributed by atoms with Gasteiger partial charge in [0.15, 0.2) is 0 Å². The highest BCUT2D eigenvalue weighted by Gasteiger charge is 2.17. The Morgan fingerprint density at radius 3 is 2.56 bits per heavy atom. The SMILES string of the molecule is CCNCc1ccccc1NC(=O)C(C)c1ccc2cc(OC)ccc2c1. The van der Waals surface area contributed by atoms with Crippen LogP contribution in [-0.2, 0) is 11.3 Å². The van der Waals surface area contributed by atoms with E-state index in [1.54, 1.807) is 7.11 Å². The van der Waals surface area contributed by atoms with Gasteiger partial charge in [-0.2, -0.15) is 0 Å². The van der Waals surface area contributed by atoms with Gasteiger partial charge >= 0.3 is 0 Å². The zero-order valence-corrected chi connectivity index (χ0v) is 16.1. The number of nitrogens with one attached hydrogen (secondary N) is 2. The fourth-order valence-corrected chi connectivity index (χ4v) is 3.09. The van der Waals surface area contributed by atoms with Crippen molar-refractivity contribution in [3.63, 3.8) is 0 Å². The Morgan fingerprint density at radius 2 is 1.78 bits per heavy atom. The maximum Gasteiger partial charge on any atom is 0.231 e. The summed E-state index contributed by atoms with van der Waals surface area (Å²) in [7, 11) is 1.66. The molecule has 0 heterocycles. The van der Waals surface area contributed by atoms with Crippen molar-refractivity contribution in [3.8, 4) is 5.75 Å². The van der Waals surface area contributed by atoms with E-state index >= 15 is 0 Å². The minimum atomic E-state index is -0.247. The van der Waals surface area contributed by atoms with Gasteiger partial charge in [-0.1, -0.05) is 49.4 Å². The quantitative estimate of drug-likeness (QED) is 0.640. The zero-order chi connectivity index (χ0) is 19.2. The summed E-state index contributed by atoms with van der Waals surface area (Å²) < 4.78 is 5.27. The molecule has 2 N–H and O–H groups in total. The summed E-state index contributed by atoms with van der Waals surface area (Å²) in [6.45, 7) is 5.63. The number of fused-ring (bicyclic) bond motifs is 1. The molecule has 1 atom stereocenters. The van der Waals surface area contributed by atoms with Crippen LogP contribution in [0.3, 0.4) is 0 Å². The minimum Gasteiger partial charge on any atom is -0.497 e. The molecule has 3 rings (SSSR count). The first-order valence-electron chi connectivity index (χ1n) is 9.29. The average molecular weight is 362 g/mol. The van der Waals surface area contributed by atoms with Gasteiger partial charge in [0.25, 0.3) is 0 Å². The summed E-state index contributed by atoms with van der Waals surface area (Å²) in [5.41, 5.74) is 2.95. The fourth-order valence-electron chi connectivity index (χ4n) is 3.09. The number of carbonyl (C=O) groups excluding carboxylic acids is 1. The van der Waals surface area contributed by atoms with Crippen LogP contribution in [0.4, 0.5) is 5.69 Å². The molecule has 0 spiro atoms. The van der Waals surface area contributed by atoms with E-state index in [0.717, 1.165) is 46.4 Å². The second kappa shape index (κ2) is 8.69. The van der Waals surface area contributed by atoms with Crippen molar-refractivity contribution in [2.24, 2.45) is 0 Å². The number of rotatable bonds is 7. The summed E-state index contributed by atoms with van der Waals surface area (Å²) in [4.78, 5) is 12.8. The largest absolute Gasteiger partial charge is 0.497 e. The highest BCUT2D eigenvalue weighted by atomic mass is 16.5. The Labute approximate surface area is 160 Å². The first-order valence-corrected chi connectivity index (χ1v) is 9.29. The van der Waals surface area contributed by atoms with Crippen molar-refractivity contribution in [1.29, 1.82) is 0 Å². The van der Waals surface area contributed by atoms with Crippen LogP contribution in [0.1, 0.15) is 30.9 Å². The van der Waals surface area contributed by atoms with Crippen LogP contribution in [0.25, 0.3) is 10.8 Å². The maximum atomic E-state index is 12.8.